The van der Waals surface area contributed by atoms with Crippen LogP contribution in [-0.4, -0.2) is 53.3 Å². The molecule has 0 spiro atoms. The fraction of sp³-hybridized carbons (Fsp3) is 1.00. The Morgan fingerprint density at radius 2 is 0.536 bits per heavy atom. The van der Waals surface area contributed by atoms with Gasteiger partial charge in [-0.1, -0.05) is 80.1 Å². The molecule has 0 fully saturated rings. The molecular formula is C24H54N3P. The molecule has 170 valence electrons. The Morgan fingerprint density at radius 3 is 0.679 bits per heavy atom. The molecule has 0 N–H and O–H groups in total. The van der Waals surface area contributed by atoms with Gasteiger partial charge in [-0.2, -0.15) is 0 Å². The smallest absolute Gasteiger partial charge is 0.120 e. The third-order valence-corrected chi connectivity index (χ3v) is 8.10. The molecule has 0 atom stereocenters. The molecule has 0 bridgehead atoms. The first kappa shape index (κ1) is 28.3. The number of hydrogen-bond donors (Lipinski definition) is 0. The van der Waals surface area contributed by atoms with E-state index >= 15 is 0 Å². The number of rotatable bonds is 21. The average molecular weight is 416 g/mol. The van der Waals surface area contributed by atoms with Crippen molar-refractivity contribution in [2.24, 2.45) is 0 Å². The van der Waals surface area contributed by atoms with E-state index in [0.29, 0.717) is 0 Å². The molecule has 0 unspecified atom stereocenters. The summed E-state index contributed by atoms with van der Waals surface area (Å²) in [6, 6.07) is 0. The SMILES string of the molecule is CCCCN(CCCC)P(N(CCCC)CCCC)N(CCCC)CCCC. The summed E-state index contributed by atoms with van der Waals surface area (Å²) in [7, 11) is -0.321. The zero-order chi connectivity index (χ0) is 21.0. The molecule has 0 rings (SSSR count). The average Bonchev–Trinajstić information content (AvgIpc) is 2.72. The van der Waals surface area contributed by atoms with E-state index in [9.17, 15) is 0 Å². The van der Waals surface area contributed by atoms with Gasteiger partial charge in [0.15, 0.2) is 0 Å². The van der Waals surface area contributed by atoms with Crippen molar-refractivity contribution in [2.75, 3.05) is 39.3 Å². The van der Waals surface area contributed by atoms with E-state index in [1.807, 2.05) is 0 Å². The molecule has 0 saturated heterocycles. The summed E-state index contributed by atoms with van der Waals surface area (Å²) in [6.45, 7) is 21.8. The van der Waals surface area contributed by atoms with Crippen LogP contribution >= 0.6 is 8.37 Å². The molecular weight excluding hydrogens is 361 g/mol. The van der Waals surface area contributed by atoms with Gasteiger partial charge in [0.25, 0.3) is 0 Å². The predicted octanol–water partition coefficient (Wildman–Crippen LogP) is 7.92. The van der Waals surface area contributed by atoms with Gasteiger partial charge in [0.2, 0.25) is 0 Å². The second kappa shape index (κ2) is 20.6. The van der Waals surface area contributed by atoms with E-state index in [4.69, 9.17) is 0 Å². The van der Waals surface area contributed by atoms with Crippen molar-refractivity contribution < 1.29 is 0 Å². The second-order valence-corrected chi connectivity index (χ2v) is 10.5. The normalized spacial score (nSPS) is 12.2. The molecule has 4 heteroatoms. The topological polar surface area (TPSA) is 9.72 Å². The van der Waals surface area contributed by atoms with Crippen LogP contribution in [0.3, 0.4) is 0 Å². The van der Waals surface area contributed by atoms with Crippen molar-refractivity contribution >= 4 is 8.37 Å². The second-order valence-electron chi connectivity index (χ2n) is 8.25. The molecule has 3 nitrogen and oxygen atoms in total. The molecule has 28 heavy (non-hydrogen) atoms. The minimum absolute atomic E-state index is 0.321. The summed E-state index contributed by atoms with van der Waals surface area (Å²) in [6.07, 6.45) is 15.9. The van der Waals surface area contributed by atoms with E-state index in [1.54, 1.807) is 0 Å². The zero-order valence-electron chi connectivity index (χ0n) is 20.5. The summed E-state index contributed by atoms with van der Waals surface area (Å²) < 4.78 is 8.75. The molecule has 0 aliphatic heterocycles. The van der Waals surface area contributed by atoms with Crippen LogP contribution in [0.5, 0.6) is 0 Å². The first-order valence-corrected chi connectivity index (χ1v) is 13.9. The maximum atomic E-state index is 2.92. The van der Waals surface area contributed by atoms with Gasteiger partial charge in [0, 0.05) is 39.3 Å². The minimum atomic E-state index is -0.321. The summed E-state index contributed by atoms with van der Waals surface area (Å²) in [5.41, 5.74) is 0. The fourth-order valence-electron chi connectivity index (χ4n) is 3.45. The predicted molar refractivity (Wildman–Crippen MR) is 131 cm³/mol. The van der Waals surface area contributed by atoms with Crippen molar-refractivity contribution in [3.8, 4) is 0 Å². The van der Waals surface area contributed by atoms with Gasteiger partial charge in [0.1, 0.15) is 8.37 Å². The molecule has 0 amide bonds. The van der Waals surface area contributed by atoms with Crippen LogP contribution in [0.25, 0.3) is 0 Å². The van der Waals surface area contributed by atoms with Gasteiger partial charge in [0.05, 0.1) is 0 Å². The van der Waals surface area contributed by atoms with Gasteiger partial charge >= 0.3 is 0 Å². The van der Waals surface area contributed by atoms with Gasteiger partial charge in [-0.15, -0.1) is 0 Å². The molecule has 0 radical (unpaired) electrons. The Labute approximate surface area is 180 Å². The van der Waals surface area contributed by atoms with Crippen molar-refractivity contribution in [1.29, 1.82) is 0 Å². The highest BCUT2D eigenvalue weighted by molar-refractivity contribution is 7.50. The highest BCUT2D eigenvalue weighted by Gasteiger charge is 2.30. The lowest BCUT2D eigenvalue weighted by Crippen LogP contribution is -2.40. The van der Waals surface area contributed by atoms with Gasteiger partial charge in [-0.25, -0.2) is 0 Å². The highest BCUT2D eigenvalue weighted by atomic mass is 31.2. The van der Waals surface area contributed by atoms with Crippen molar-refractivity contribution in [3.05, 3.63) is 0 Å². The van der Waals surface area contributed by atoms with Crippen LogP contribution in [-0.2, 0) is 0 Å². The fourth-order valence-corrected chi connectivity index (χ4v) is 6.45. The Balaban J connectivity index is 5.67. The van der Waals surface area contributed by atoms with Gasteiger partial charge < -0.3 is 0 Å². The molecule has 0 aliphatic rings. The lowest BCUT2D eigenvalue weighted by molar-refractivity contribution is 0.301. The summed E-state index contributed by atoms with van der Waals surface area (Å²) in [5.74, 6) is 0. The van der Waals surface area contributed by atoms with E-state index in [0.717, 1.165) is 0 Å². The molecule has 0 aliphatic carbocycles. The zero-order valence-corrected chi connectivity index (χ0v) is 21.4. The maximum Gasteiger partial charge on any atom is 0.120 e. The molecule has 0 saturated carbocycles. The summed E-state index contributed by atoms with van der Waals surface area (Å²) in [4.78, 5) is 0. The van der Waals surface area contributed by atoms with E-state index in [-0.39, 0.29) is 8.37 Å². The molecule has 0 aromatic carbocycles. The lowest BCUT2D eigenvalue weighted by atomic mass is 10.3. The monoisotopic (exact) mass is 415 g/mol. The summed E-state index contributed by atoms with van der Waals surface area (Å²) >= 11 is 0. The van der Waals surface area contributed by atoms with Crippen LogP contribution in [0.2, 0.25) is 0 Å². The lowest BCUT2D eigenvalue weighted by Gasteiger charge is -2.45. The van der Waals surface area contributed by atoms with Gasteiger partial charge in [-0.3, -0.25) is 14.0 Å². The van der Waals surface area contributed by atoms with Crippen molar-refractivity contribution in [1.82, 2.24) is 14.0 Å². The van der Waals surface area contributed by atoms with Crippen LogP contribution in [0.1, 0.15) is 119 Å². The Bertz CT molecular complexity index is 243. The number of nitrogens with zero attached hydrogens (tertiary/aromatic N) is 3. The number of unbranched alkanes of at least 4 members (excludes halogenated alkanes) is 6. The Morgan fingerprint density at radius 1 is 0.357 bits per heavy atom. The van der Waals surface area contributed by atoms with Crippen LogP contribution in [0.4, 0.5) is 0 Å². The van der Waals surface area contributed by atoms with Crippen LogP contribution < -0.4 is 0 Å². The first-order chi connectivity index (χ1) is 13.7. The van der Waals surface area contributed by atoms with Crippen LogP contribution in [0.15, 0.2) is 0 Å². The molecule has 0 aromatic heterocycles. The molecule has 0 aromatic rings. The Kier molecular flexibility index (Phi) is 20.8. The maximum absolute atomic E-state index is 2.92. The van der Waals surface area contributed by atoms with Gasteiger partial charge in [-0.05, 0) is 38.5 Å². The van der Waals surface area contributed by atoms with Crippen LogP contribution in [0, 0.1) is 0 Å². The van der Waals surface area contributed by atoms with Crippen molar-refractivity contribution in [2.45, 2.75) is 119 Å². The molecule has 0 heterocycles. The number of hydrogen-bond acceptors (Lipinski definition) is 3. The Hall–Kier alpha value is 0.310. The summed E-state index contributed by atoms with van der Waals surface area (Å²) in [5, 5.41) is 0. The van der Waals surface area contributed by atoms with E-state index in [1.165, 1.54) is 116 Å². The standard InChI is InChI=1S/C24H54N3P/c1-7-13-19-25(20-14-8-2)28(26(21-15-9-3)22-16-10-4)27(23-17-11-5)24-18-12-6/h7-24H2,1-6H3. The minimum Gasteiger partial charge on any atom is -0.257 e. The van der Waals surface area contributed by atoms with Crippen molar-refractivity contribution in [3.63, 3.8) is 0 Å². The third kappa shape index (κ3) is 12.8. The largest absolute Gasteiger partial charge is 0.257 e. The first-order valence-electron chi connectivity index (χ1n) is 12.7. The van der Waals surface area contributed by atoms with E-state index in [2.05, 4.69) is 55.6 Å². The van der Waals surface area contributed by atoms with E-state index < -0.39 is 0 Å². The third-order valence-electron chi connectivity index (χ3n) is 5.38. The highest BCUT2D eigenvalue weighted by Crippen LogP contribution is 2.49. The quantitative estimate of drug-likeness (QED) is 0.176.